The van der Waals surface area contributed by atoms with Crippen LogP contribution in [-0.2, 0) is 0 Å². The molecule has 0 bridgehead atoms. The molecule has 1 fully saturated rings. The Morgan fingerprint density at radius 1 is 1.23 bits per heavy atom. The van der Waals surface area contributed by atoms with Gasteiger partial charge in [-0.1, -0.05) is 30.3 Å². The summed E-state index contributed by atoms with van der Waals surface area (Å²) in [5.74, 6) is 0.896. The van der Waals surface area contributed by atoms with Crippen molar-refractivity contribution in [2.24, 2.45) is 5.92 Å². The van der Waals surface area contributed by atoms with Gasteiger partial charge in [0.05, 0.1) is 17.9 Å². The summed E-state index contributed by atoms with van der Waals surface area (Å²) in [6.45, 7) is 3.16. The Hall–Kier alpha value is -2.07. The molecule has 0 spiro atoms. The fraction of sp³-hybridized carbons (Fsp3) is 0.389. The lowest BCUT2D eigenvalue weighted by Gasteiger charge is -2.34. The third-order valence-electron chi connectivity index (χ3n) is 4.50. The van der Waals surface area contributed by atoms with Crippen molar-refractivity contribution in [3.05, 3.63) is 59.5 Å². The first-order chi connectivity index (χ1) is 10.7. The monoisotopic (exact) mass is 299 g/mol. The van der Waals surface area contributed by atoms with E-state index < -0.39 is 6.10 Å². The van der Waals surface area contributed by atoms with E-state index in [1.165, 1.54) is 0 Å². The highest BCUT2D eigenvalue weighted by atomic mass is 16.3. The number of carbonyl (C=O) groups excluding carboxylic acids is 1. The number of likely N-dealkylation sites (tertiary alicyclic amines) is 1. The third-order valence-corrected chi connectivity index (χ3v) is 4.50. The number of hydrogen-bond donors (Lipinski definition) is 1. The fourth-order valence-corrected chi connectivity index (χ4v) is 3.12. The molecule has 1 amide bonds. The second-order valence-electron chi connectivity index (χ2n) is 5.88. The van der Waals surface area contributed by atoms with E-state index in [9.17, 15) is 9.90 Å². The van der Waals surface area contributed by atoms with Gasteiger partial charge in [0.2, 0.25) is 0 Å². The normalized spacial score (nSPS) is 17.5. The minimum absolute atomic E-state index is 0.0268. The minimum Gasteiger partial charge on any atom is -0.469 e. The minimum atomic E-state index is -0.450. The molecule has 4 nitrogen and oxygen atoms in total. The first-order valence-corrected chi connectivity index (χ1v) is 7.73. The molecule has 0 aliphatic carbocycles. The molecule has 0 unspecified atom stereocenters. The third kappa shape index (κ3) is 2.92. The standard InChI is InChI=1S/C18H21NO3/c1-13-16(9-12-22-13)18(21)19-10-7-15(8-11-19)17(20)14-5-3-2-4-6-14/h2-6,9,12,15,17,20H,7-8,10-11H2,1H3/t17-/m0/s1. The molecular formula is C18H21NO3. The van der Waals surface area contributed by atoms with E-state index in [1.54, 1.807) is 19.3 Å². The lowest BCUT2D eigenvalue weighted by Crippen LogP contribution is -2.39. The van der Waals surface area contributed by atoms with Crippen molar-refractivity contribution in [1.82, 2.24) is 4.90 Å². The number of nitrogens with zero attached hydrogens (tertiary/aromatic N) is 1. The maximum absolute atomic E-state index is 12.4. The van der Waals surface area contributed by atoms with E-state index in [-0.39, 0.29) is 11.8 Å². The van der Waals surface area contributed by atoms with E-state index in [0.29, 0.717) is 24.4 Å². The van der Waals surface area contributed by atoms with Crippen molar-refractivity contribution in [2.45, 2.75) is 25.9 Å². The molecule has 2 aromatic rings. The van der Waals surface area contributed by atoms with Gasteiger partial charge in [0.15, 0.2) is 0 Å². The van der Waals surface area contributed by atoms with Crippen LogP contribution >= 0.6 is 0 Å². The van der Waals surface area contributed by atoms with E-state index >= 15 is 0 Å². The Labute approximate surface area is 130 Å². The van der Waals surface area contributed by atoms with Crippen LogP contribution in [0.15, 0.2) is 47.1 Å². The van der Waals surface area contributed by atoms with Crippen LogP contribution < -0.4 is 0 Å². The van der Waals surface area contributed by atoms with Gasteiger partial charge in [0.25, 0.3) is 5.91 Å². The number of piperidine rings is 1. The van der Waals surface area contributed by atoms with Crippen molar-refractivity contribution in [3.8, 4) is 0 Å². The van der Waals surface area contributed by atoms with Crippen molar-refractivity contribution >= 4 is 5.91 Å². The predicted octanol–water partition coefficient (Wildman–Crippen LogP) is 3.17. The van der Waals surface area contributed by atoms with Crippen LogP contribution in [0.2, 0.25) is 0 Å². The fourth-order valence-electron chi connectivity index (χ4n) is 3.12. The molecule has 1 atom stereocenters. The van der Waals surface area contributed by atoms with Crippen molar-refractivity contribution in [2.75, 3.05) is 13.1 Å². The average Bonchev–Trinajstić information content (AvgIpc) is 3.00. The molecule has 3 rings (SSSR count). The van der Waals surface area contributed by atoms with Crippen LogP contribution in [0.3, 0.4) is 0 Å². The van der Waals surface area contributed by atoms with E-state index in [0.717, 1.165) is 18.4 Å². The van der Waals surface area contributed by atoms with Crippen LogP contribution in [0, 0.1) is 12.8 Å². The lowest BCUT2D eigenvalue weighted by molar-refractivity contribution is 0.0461. The number of aryl methyl sites for hydroxylation is 1. The van der Waals surface area contributed by atoms with E-state index in [1.807, 2.05) is 35.2 Å². The maximum Gasteiger partial charge on any atom is 0.257 e. The van der Waals surface area contributed by atoms with Crippen molar-refractivity contribution < 1.29 is 14.3 Å². The van der Waals surface area contributed by atoms with Gasteiger partial charge in [-0.3, -0.25) is 4.79 Å². The van der Waals surface area contributed by atoms with Gasteiger partial charge in [0.1, 0.15) is 5.76 Å². The molecule has 0 radical (unpaired) electrons. The van der Waals surface area contributed by atoms with Gasteiger partial charge in [-0.15, -0.1) is 0 Å². The molecule has 1 N–H and O–H groups in total. The van der Waals surface area contributed by atoms with Gasteiger partial charge >= 0.3 is 0 Å². The highest BCUT2D eigenvalue weighted by Crippen LogP contribution is 2.31. The number of aliphatic hydroxyl groups is 1. The van der Waals surface area contributed by atoms with Crippen molar-refractivity contribution in [1.29, 1.82) is 0 Å². The molecule has 4 heteroatoms. The summed E-state index contributed by atoms with van der Waals surface area (Å²) in [5, 5.41) is 10.5. The van der Waals surface area contributed by atoms with Gasteiger partial charge in [-0.25, -0.2) is 0 Å². The molecule has 1 aliphatic rings. The summed E-state index contributed by atoms with van der Waals surface area (Å²) < 4.78 is 5.21. The summed E-state index contributed by atoms with van der Waals surface area (Å²) in [6, 6.07) is 11.5. The topological polar surface area (TPSA) is 53.7 Å². The molecular weight excluding hydrogens is 278 g/mol. The zero-order chi connectivity index (χ0) is 15.5. The number of hydrogen-bond acceptors (Lipinski definition) is 3. The summed E-state index contributed by atoms with van der Waals surface area (Å²) in [7, 11) is 0. The number of amides is 1. The van der Waals surface area contributed by atoms with Crippen molar-refractivity contribution in [3.63, 3.8) is 0 Å². The number of rotatable bonds is 3. The van der Waals surface area contributed by atoms with Gasteiger partial charge in [-0.05, 0) is 37.3 Å². The maximum atomic E-state index is 12.4. The Morgan fingerprint density at radius 2 is 1.91 bits per heavy atom. The van der Waals surface area contributed by atoms with Crippen LogP contribution in [0.25, 0.3) is 0 Å². The molecule has 1 aromatic heterocycles. The number of furan rings is 1. The van der Waals surface area contributed by atoms with Gasteiger partial charge < -0.3 is 14.4 Å². The molecule has 22 heavy (non-hydrogen) atoms. The second-order valence-corrected chi connectivity index (χ2v) is 5.88. The van der Waals surface area contributed by atoms with E-state index in [4.69, 9.17) is 4.42 Å². The van der Waals surface area contributed by atoms with Crippen LogP contribution in [0.4, 0.5) is 0 Å². The Kier molecular flexibility index (Phi) is 4.29. The molecule has 1 aromatic carbocycles. The Morgan fingerprint density at radius 3 is 2.50 bits per heavy atom. The lowest BCUT2D eigenvalue weighted by atomic mass is 9.87. The largest absolute Gasteiger partial charge is 0.469 e. The predicted molar refractivity (Wildman–Crippen MR) is 83.5 cm³/mol. The molecule has 116 valence electrons. The zero-order valence-electron chi connectivity index (χ0n) is 12.7. The number of carbonyl (C=O) groups is 1. The second kappa shape index (κ2) is 6.36. The first kappa shape index (κ1) is 14.9. The summed E-state index contributed by atoms with van der Waals surface area (Å²) >= 11 is 0. The molecule has 1 saturated heterocycles. The quantitative estimate of drug-likeness (QED) is 0.947. The molecule has 2 heterocycles. The smallest absolute Gasteiger partial charge is 0.257 e. The summed E-state index contributed by atoms with van der Waals surface area (Å²) in [6.07, 6.45) is 2.74. The molecule has 0 saturated carbocycles. The average molecular weight is 299 g/mol. The van der Waals surface area contributed by atoms with Gasteiger partial charge in [0, 0.05) is 13.1 Å². The van der Waals surface area contributed by atoms with Crippen LogP contribution in [0.1, 0.15) is 40.6 Å². The highest BCUT2D eigenvalue weighted by Gasteiger charge is 2.29. The number of benzene rings is 1. The number of aliphatic hydroxyl groups excluding tert-OH is 1. The summed E-state index contributed by atoms with van der Waals surface area (Å²) in [5.41, 5.74) is 1.60. The Bertz CT molecular complexity index is 627. The highest BCUT2D eigenvalue weighted by molar-refractivity contribution is 5.95. The first-order valence-electron chi connectivity index (χ1n) is 7.73. The van der Waals surface area contributed by atoms with Crippen LogP contribution in [0.5, 0.6) is 0 Å². The molecule has 1 aliphatic heterocycles. The van der Waals surface area contributed by atoms with Gasteiger partial charge in [-0.2, -0.15) is 0 Å². The van der Waals surface area contributed by atoms with E-state index in [2.05, 4.69) is 0 Å². The summed E-state index contributed by atoms with van der Waals surface area (Å²) in [4.78, 5) is 14.3. The Balaban J connectivity index is 1.61. The SMILES string of the molecule is Cc1occc1C(=O)N1CCC([C@@H](O)c2ccccc2)CC1. The van der Waals surface area contributed by atoms with Crippen LogP contribution in [-0.4, -0.2) is 29.0 Å². The zero-order valence-corrected chi connectivity index (χ0v) is 12.7.